The highest BCUT2D eigenvalue weighted by atomic mass is 32.2. The van der Waals surface area contributed by atoms with Crippen LogP contribution in [0.2, 0.25) is 0 Å². The van der Waals surface area contributed by atoms with E-state index in [0.29, 0.717) is 11.6 Å². The zero-order valence-corrected chi connectivity index (χ0v) is 7.89. The molecule has 0 radical (unpaired) electrons. The lowest BCUT2D eigenvalue weighted by atomic mass is 10.4. The maximum absolute atomic E-state index is 10.5. The molecule has 2 amide bonds. The average Bonchev–Trinajstić information content (AvgIpc) is 2.01. The van der Waals surface area contributed by atoms with Gasteiger partial charge in [-0.3, -0.25) is 5.32 Å². The van der Waals surface area contributed by atoms with Gasteiger partial charge in [0.15, 0.2) is 0 Å². The van der Waals surface area contributed by atoms with E-state index in [1.165, 1.54) is 11.8 Å². The molecular weight excluding hydrogens is 188 g/mol. The predicted octanol–water partition coefficient (Wildman–Crippen LogP) is 0.876. The highest BCUT2D eigenvalue weighted by Gasteiger charge is 2.01. The Hall–Kier alpha value is -1.43. The van der Waals surface area contributed by atoms with Crippen molar-refractivity contribution in [2.45, 2.75) is 4.90 Å². The van der Waals surface area contributed by atoms with Crippen LogP contribution >= 0.6 is 11.8 Å². The predicted molar refractivity (Wildman–Crippen MR) is 53.6 cm³/mol. The fraction of sp³-hybridized carbons (Fsp3) is 0.143. The van der Waals surface area contributed by atoms with Gasteiger partial charge in [0.05, 0.1) is 0 Å². The monoisotopic (exact) mass is 198 g/mol. The van der Waals surface area contributed by atoms with Crippen LogP contribution in [0, 0.1) is 0 Å². The molecule has 0 saturated carbocycles. The number of rotatable bonds is 2. The van der Waals surface area contributed by atoms with Crippen molar-refractivity contribution >= 4 is 29.4 Å². The number of nitrogens with zero attached hydrogens (tertiary/aromatic N) is 1. The lowest BCUT2D eigenvalue weighted by molar-refractivity contribution is 0.259. The summed E-state index contributed by atoms with van der Waals surface area (Å²) >= 11 is 1.51. The fourth-order valence-electron chi connectivity index (χ4n) is 0.834. The molecule has 0 aromatic carbocycles. The van der Waals surface area contributed by atoms with Crippen LogP contribution in [0.25, 0.3) is 0 Å². The molecule has 0 aliphatic rings. The molecule has 1 heterocycles. The van der Waals surface area contributed by atoms with E-state index in [4.69, 9.17) is 11.5 Å². The van der Waals surface area contributed by atoms with Crippen LogP contribution in [0.4, 0.5) is 16.4 Å². The van der Waals surface area contributed by atoms with Gasteiger partial charge in [0.1, 0.15) is 11.6 Å². The minimum Gasteiger partial charge on any atom is -0.384 e. The van der Waals surface area contributed by atoms with E-state index >= 15 is 0 Å². The van der Waals surface area contributed by atoms with Gasteiger partial charge in [-0.2, -0.15) is 0 Å². The van der Waals surface area contributed by atoms with Gasteiger partial charge in [0.25, 0.3) is 0 Å². The second-order valence-electron chi connectivity index (χ2n) is 2.31. The summed E-state index contributed by atoms with van der Waals surface area (Å²) in [4.78, 5) is 15.3. The third-order valence-corrected chi connectivity index (χ3v) is 2.01. The Bertz CT molecular complexity index is 328. The van der Waals surface area contributed by atoms with E-state index in [1.807, 2.05) is 6.26 Å². The number of urea groups is 1. The van der Waals surface area contributed by atoms with Crippen LogP contribution in [0.3, 0.4) is 0 Å². The molecule has 1 aromatic rings. The van der Waals surface area contributed by atoms with Gasteiger partial charge in [-0.25, -0.2) is 9.78 Å². The summed E-state index contributed by atoms with van der Waals surface area (Å²) < 4.78 is 0. The number of amides is 2. The molecule has 1 aromatic heterocycles. The van der Waals surface area contributed by atoms with Crippen molar-refractivity contribution in [2.24, 2.45) is 5.73 Å². The van der Waals surface area contributed by atoms with E-state index in [2.05, 4.69) is 10.3 Å². The summed E-state index contributed by atoms with van der Waals surface area (Å²) in [6.07, 6.45) is 1.91. The van der Waals surface area contributed by atoms with E-state index in [1.54, 1.807) is 12.1 Å². The van der Waals surface area contributed by atoms with Gasteiger partial charge in [0.2, 0.25) is 0 Å². The van der Waals surface area contributed by atoms with Crippen LogP contribution in [0.15, 0.2) is 17.0 Å². The maximum atomic E-state index is 10.5. The molecule has 0 aliphatic carbocycles. The summed E-state index contributed by atoms with van der Waals surface area (Å²) in [6.45, 7) is 0. The largest absolute Gasteiger partial charge is 0.384 e. The molecule has 1 rings (SSSR count). The molecule has 6 heteroatoms. The molecule has 70 valence electrons. The van der Waals surface area contributed by atoms with Gasteiger partial charge in [0, 0.05) is 4.90 Å². The quantitative estimate of drug-likeness (QED) is 0.615. The highest BCUT2D eigenvalue weighted by Crippen LogP contribution is 2.20. The number of nitrogens with one attached hydrogen (secondary N) is 1. The van der Waals surface area contributed by atoms with Crippen LogP contribution in [-0.2, 0) is 0 Å². The Morgan fingerprint density at radius 1 is 1.62 bits per heavy atom. The zero-order chi connectivity index (χ0) is 9.84. The first-order chi connectivity index (χ1) is 6.11. The van der Waals surface area contributed by atoms with Gasteiger partial charge < -0.3 is 11.5 Å². The minimum absolute atomic E-state index is 0.357. The number of carbonyl (C=O) groups is 1. The van der Waals surface area contributed by atoms with Crippen molar-refractivity contribution < 1.29 is 4.79 Å². The van der Waals surface area contributed by atoms with Crippen LogP contribution in [0.1, 0.15) is 0 Å². The molecule has 0 unspecified atom stereocenters. The van der Waals surface area contributed by atoms with Gasteiger partial charge >= 0.3 is 6.03 Å². The number of nitrogen functional groups attached to an aromatic ring is 1. The summed E-state index contributed by atoms with van der Waals surface area (Å²) in [7, 11) is 0. The lowest BCUT2D eigenvalue weighted by Crippen LogP contribution is -2.20. The second kappa shape index (κ2) is 3.99. The first kappa shape index (κ1) is 9.66. The van der Waals surface area contributed by atoms with Crippen molar-refractivity contribution in [1.29, 1.82) is 0 Å². The second-order valence-corrected chi connectivity index (χ2v) is 3.19. The fourth-order valence-corrected chi connectivity index (χ4v) is 1.30. The number of hydrogen-bond acceptors (Lipinski definition) is 4. The van der Waals surface area contributed by atoms with Crippen molar-refractivity contribution in [3.8, 4) is 0 Å². The zero-order valence-electron chi connectivity index (χ0n) is 7.07. The smallest absolute Gasteiger partial charge is 0.317 e. The summed E-state index contributed by atoms with van der Waals surface area (Å²) in [5, 5.41) is 2.35. The number of pyridine rings is 1. The molecule has 0 atom stereocenters. The Morgan fingerprint density at radius 3 is 2.85 bits per heavy atom. The normalized spacial score (nSPS) is 9.62. The van der Waals surface area contributed by atoms with E-state index in [-0.39, 0.29) is 0 Å². The standard InChI is InChI=1S/C7H10N4OS/c1-13-4-2-5(8)10-6(3-4)11-7(9)12/h2-3H,1H3,(H5,8,9,10,11,12). The summed E-state index contributed by atoms with van der Waals surface area (Å²) in [5.41, 5.74) is 10.4. The highest BCUT2D eigenvalue weighted by molar-refractivity contribution is 7.98. The van der Waals surface area contributed by atoms with Crippen molar-refractivity contribution in [1.82, 2.24) is 4.98 Å². The molecule has 0 fully saturated rings. The Balaban J connectivity index is 2.94. The molecular formula is C7H10N4OS. The SMILES string of the molecule is CSc1cc(N)nc(NC(N)=O)c1. The Labute approximate surface area is 79.9 Å². The number of carbonyl (C=O) groups excluding carboxylic acids is 1. The van der Waals surface area contributed by atoms with Crippen LogP contribution < -0.4 is 16.8 Å². The first-order valence-electron chi connectivity index (χ1n) is 3.50. The molecule has 5 N–H and O–H groups in total. The van der Waals surface area contributed by atoms with Gasteiger partial charge in [-0.15, -0.1) is 11.8 Å². The molecule has 5 nitrogen and oxygen atoms in total. The van der Waals surface area contributed by atoms with Crippen LogP contribution in [-0.4, -0.2) is 17.3 Å². The molecule has 0 aliphatic heterocycles. The average molecular weight is 198 g/mol. The number of anilines is 2. The third kappa shape index (κ3) is 2.83. The molecule has 13 heavy (non-hydrogen) atoms. The van der Waals surface area contributed by atoms with Crippen molar-refractivity contribution in [2.75, 3.05) is 17.3 Å². The maximum Gasteiger partial charge on any atom is 0.317 e. The Morgan fingerprint density at radius 2 is 2.31 bits per heavy atom. The Kier molecular flexibility index (Phi) is 2.97. The molecule has 0 spiro atoms. The van der Waals surface area contributed by atoms with E-state index in [0.717, 1.165) is 4.90 Å². The van der Waals surface area contributed by atoms with Crippen molar-refractivity contribution in [3.05, 3.63) is 12.1 Å². The minimum atomic E-state index is -0.648. The van der Waals surface area contributed by atoms with Gasteiger partial charge in [-0.05, 0) is 18.4 Å². The number of aromatic nitrogens is 1. The van der Waals surface area contributed by atoms with Gasteiger partial charge in [-0.1, -0.05) is 0 Å². The van der Waals surface area contributed by atoms with Crippen molar-refractivity contribution in [3.63, 3.8) is 0 Å². The lowest BCUT2D eigenvalue weighted by Gasteiger charge is -2.03. The third-order valence-electron chi connectivity index (χ3n) is 1.31. The first-order valence-corrected chi connectivity index (χ1v) is 4.72. The molecule has 0 bridgehead atoms. The number of thioether (sulfide) groups is 1. The van der Waals surface area contributed by atoms with Crippen LogP contribution in [0.5, 0.6) is 0 Å². The van der Waals surface area contributed by atoms with E-state index < -0.39 is 6.03 Å². The summed E-state index contributed by atoms with van der Waals surface area (Å²) in [5.74, 6) is 0.729. The topological polar surface area (TPSA) is 94.0 Å². The number of primary amides is 1. The van der Waals surface area contributed by atoms with E-state index in [9.17, 15) is 4.79 Å². The number of nitrogens with two attached hydrogens (primary N) is 2. The number of hydrogen-bond donors (Lipinski definition) is 3. The summed E-state index contributed by atoms with van der Waals surface area (Å²) in [6, 6.07) is 2.77. The molecule has 0 saturated heterocycles.